The number of anilines is 1. The van der Waals surface area contributed by atoms with E-state index in [2.05, 4.69) is 10.3 Å². The van der Waals surface area contributed by atoms with E-state index in [1.165, 1.54) is 0 Å². The van der Waals surface area contributed by atoms with Crippen molar-refractivity contribution in [1.82, 2.24) is 10.3 Å². The first kappa shape index (κ1) is 14.7. The maximum atomic E-state index is 11.9. The van der Waals surface area contributed by atoms with E-state index >= 15 is 0 Å². The van der Waals surface area contributed by atoms with Crippen molar-refractivity contribution in [2.24, 2.45) is 5.73 Å². The van der Waals surface area contributed by atoms with Gasteiger partial charge in [0.05, 0.1) is 13.2 Å². The molecule has 0 saturated carbocycles. The fourth-order valence-corrected chi connectivity index (χ4v) is 2.32. The molecule has 7 heteroatoms. The van der Waals surface area contributed by atoms with Gasteiger partial charge in [-0.3, -0.25) is 4.79 Å². The summed E-state index contributed by atoms with van der Waals surface area (Å²) < 4.78 is 5.38. The second-order valence-electron chi connectivity index (χ2n) is 4.62. The maximum absolute atomic E-state index is 11.9. The fraction of sp³-hybridized carbons (Fsp3) is 0.462. The number of morpholine rings is 1. The van der Waals surface area contributed by atoms with Crippen LogP contribution in [0.3, 0.4) is 0 Å². The molecule has 1 saturated heterocycles. The molecule has 20 heavy (non-hydrogen) atoms. The van der Waals surface area contributed by atoms with Crippen molar-refractivity contribution in [1.29, 1.82) is 0 Å². The highest BCUT2D eigenvalue weighted by atomic mass is 32.1. The lowest BCUT2D eigenvalue weighted by molar-refractivity contribution is -0.124. The molecule has 6 nitrogen and oxygen atoms in total. The zero-order valence-corrected chi connectivity index (χ0v) is 12.4. The number of nitrogens with one attached hydrogen (secondary N) is 1. The smallest absolute Gasteiger partial charge is 0.244 e. The summed E-state index contributed by atoms with van der Waals surface area (Å²) in [5.74, 6) is 0.606. The summed E-state index contributed by atoms with van der Waals surface area (Å²) in [4.78, 5) is 18.7. The largest absolute Gasteiger partial charge is 0.389 e. The van der Waals surface area contributed by atoms with Gasteiger partial charge in [0, 0.05) is 24.8 Å². The van der Waals surface area contributed by atoms with Crippen LogP contribution in [0.1, 0.15) is 11.3 Å². The Hall–Kier alpha value is -1.73. The molecule has 0 aliphatic carbocycles. The summed E-state index contributed by atoms with van der Waals surface area (Å²) in [6.07, 6.45) is 0. The summed E-state index contributed by atoms with van der Waals surface area (Å²) in [5, 5.41) is 2.65. The van der Waals surface area contributed by atoms with Gasteiger partial charge in [0.1, 0.15) is 16.8 Å². The first-order chi connectivity index (χ1) is 9.52. The molecule has 0 aromatic carbocycles. The van der Waals surface area contributed by atoms with E-state index in [0.29, 0.717) is 30.6 Å². The van der Waals surface area contributed by atoms with Gasteiger partial charge < -0.3 is 20.7 Å². The summed E-state index contributed by atoms with van der Waals surface area (Å²) >= 11 is 5.01. The predicted molar refractivity (Wildman–Crippen MR) is 80.9 cm³/mol. The predicted octanol–water partition coefficient (Wildman–Crippen LogP) is -0.0246. The van der Waals surface area contributed by atoms with E-state index in [1.54, 1.807) is 7.05 Å². The van der Waals surface area contributed by atoms with Crippen molar-refractivity contribution in [3.8, 4) is 0 Å². The van der Waals surface area contributed by atoms with Crippen LogP contribution >= 0.6 is 12.2 Å². The summed E-state index contributed by atoms with van der Waals surface area (Å²) in [7, 11) is 1.61. The second kappa shape index (κ2) is 6.15. The molecule has 1 fully saturated rings. The molecule has 1 amide bonds. The van der Waals surface area contributed by atoms with Crippen molar-refractivity contribution < 1.29 is 9.53 Å². The average molecular weight is 294 g/mol. The number of pyridine rings is 1. The average Bonchev–Trinajstić information content (AvgIpc) is 2.45. The number of hydrogen-bond donors (Lipinski definition) is 2. The van der Waals surface area contributed by atoms with Crippen molar-refractivity contribution in [2.75, 3.05) is 31.7 Å². The van der Waals surface area contributed by atoms with Gasteiger partial charge in [0.25, 0.3) is 0 Å². The highest BCUT2D eigenvalue weighted by Gasteiger charge is 2.30. The zero-order chi connectivity index (χ0) is 14.7. The Bertz CT molecular complexity index is 535. The standard InChI is InChI=1S/C13H18N4O2S/c1-8-5-9(12(14)20)6-11(16-8)17-3-4-19-7-10(17)13(18)15-2/h5-6,10H,3-4,7H2,1-2H3,(H2,14,20)(H,15,18). The molecule has 0 spiro atoms. The lowest BCUT2D eigenvalue weighted by atomic mass is 10.1. The number of ether oxygens (including phenoxy) is 1. The van der Waals surface area contributed by atoms with E-state index in [1.807, 2.05) is 24.0 Å². The third-order valence-corrected chi connectivity index (χ3v) is 3.43. The molecule has 0 bridgehead atoms. The minimum absolute atomic E-state index is 0.0927. The number of nitrogens with two attached hydrogens (primary N) is 1. The van der Waals surface area contributed by atoms with Crippen LogP contribution in [0, 0.1) is 6.92 Å². The van der Waals surface area contributed by atoms with Crippen molar-refractivity contribution in [2.45, 2.75) is 13.0 Å². The van der Waals surface area contributed by atoms with E-state index < -0.39 is 0 Å². The molecule has 2 heterocycles. The van der Waals surface area contributed by atoms with Crippen LogP contribution in [-0.2, 0) is 9.53 Å². The Labute approximate surface area is 123 Å². The monoisotopic (exact) mass is 294 g/mol. The highest BCUT2D eigenvalue weighted by molar-refractivity contribution is 7.80. The van der Waals surface area contributed by atoms with Crippen LogP contribution in [0.5, 0.6) is 0 Å². The van der Waals surface area contributed by atoms with Gasteiger partial charge >= 0.3 is 0 Å². The summed E-state index contributed by atoms with van der Waals surface area (Å²) in [6, 6.07) is 3.26. The van der Waals surface area contributed by atoms with Gasteiger partial charge in [-0.15, -0.1) is 0 Å². The van der Waals surface area contributed by atoms with E-state index in [9.17, 15) is 4.79 Å². The Morgan fingerprint density at radius 1 is 1.60 bits per heavy atom. The second-order valence-corrected chi connectivity index (χ2v) is 5.06. The lowest BCUT2D eigenvalue weighted by Gasteiger charge is -2.35. The third kappa shape index (κ3) is 3.05. The minimum atomic E-state index is -0.387. The normalized spacial score (nSPS) is 18.7. The molecule has 0 radical (unpaired) electrons. The van der Waals surface area contributed by atoms with Gasteiger partial charge in [-0.1, -0.05) is 12.2 Å². The summed E-state index contributed by atoms with van der Waals surface area (Å²) in [5.41, 5.74) is 7.25. The first-order valence-corrected chi connectivity index (χ1v) is 6.78. The van der Waals surface area contributed by atoms with Gasteiger partial charge in [0.15, 0.2) is 0 Å². The number of aromatic nitrogens is 1. The quantitative estimate of drug-likeness (QED) is 0.762. The first-order valence-electron chi connectivity index (χ1n) is 6.37. The number of aryl methyl sites for hydroxylation is 1. The van der Waals surface area contributed by atoms with Crippen molar-refractivity contribution in [3.63, 3.8) is 0 Å². The van der Waals surface area contributed by atoms with Crippen LogP contribution in [0.25, 0.3) is 0 Å². The van der Waals surface area contributed by atoms with Crippen LogP contribution in [0.2, 0.25) is 0 Å². The Morgan fingerprint density at radius 2 is 2.35 bits per heavy atom. The lowest BCUT2D eigenvalue weighted by Crippen LogP contribution is -2.53. The Morgan fingerprint density at radius 3 is 3.00 bits per heavy atom. The van der Waals surface area contributed by atoms with Crippen LogP contribution < -0.4 is 16.0 Å². The van der Waals surface area contributed by atoms with Crippen LogP contribution in [0.4, 0.5) is 5.82 Å². The third-order valence-electron chi connectivity index (χ3n) is 3.20. The van der Waals surface area contributed by atoms with Gasteiger partial charge in [-0.25, -0.2) is 4.98 Å². The molecule has 1 aliphatic heterocycles. The molecule has 1 unspecified atom stereocenters. The van der Waals surface area contributed by atoms with E-state index in [0.717, 1.165) is 11.3 Å². The van der Waals surface area contributed by atoms with Gasteiger partial charge in [0.2, 0.25) is 5.91 Å². The minimum Gasteiger partial charge on any atom is -0.389 e. The SMILES string of the molecule is CNC(=O)C1COCCN1c1cc(C(N)=S)cc(C)n1. The van der Waals surface area contributed by atoms with Gasteiger partial charge in [-0.05, 0) is 19.1 Å². The number of carbonyl (C=O) groups is 1. The zero-order valence-electron chi connectivity index (χ0n) is 11.5. The number of nitrogens with zero attached hydrogens (tertiary/aromatic N) is 2. The molecule has 1 atom stereocenters. The van der Waals surface area contributed by atoms with E-state index in [-0.39, 0.29) is 11.9 Å². The fourth-order valence-electron chi connectivity index (χ4n) is 2.20. The molecular weight excluding hydrogens is 276 g/mol. The maximum Gasteiger partial charge on any atom is 0.244 e. The Kier molecular flexibility index (Phi) is 4.51. The van der Waals surface area contributed by atoms with Crippen LogP contribution in [-0.4, -0.2) is 48.7 Å². The molecule has 1 aromatic heterocycles. The topological polar surface area (TPSA) is 80.5 Å². The van der Waals surface area contributed by atoms with Crippen molar-refractivity contribution in [3.05, 3.63) is 23.4 Å². The molecule has 2 rings (SSSR count). The van der Waals surface area contributed by atoms with Crippen LogP contribution in [0.15, 0.2) is 12.1 Å². The van der Waals surface area contributed by atoms with Crippen molar-refractivity contribution >= 4 is 28.9 Å². The number of rotatable bonds is 3. The number of thiocarbonyl (C=S) groups is 1. The highest BCUT2D eigenvalue weighted by Crippen LogP contribution is 2.20. The number of likely N-dealkylation sites (N-methyl/N-ethyl adjacent to an activating group) is 1. The number of carbonyl (C=O) groups excluding carboxylic acids is 1. The number of hydrogen-bond acceptors (Lipinski definition) is 5. The molecule has 1 aliphatic rings. The molecule has 108 valence electrons. The summed E-state index contributed by atoms with van der Waals surface area (Å²) in [6.45, 7) is 3.38. The Balaban J connectivity index is 2.37. The number of amides is 1. The molecular formula is C13H18N4O2S. The molecule has 3 N–H and O–H groups in total. The van der Waals surface area contributed by atoms with E-state index in [4.69, 9.17) is 22.7 Å². The van der Waals surface area contributed by atoms with Gasteiger partial charge in [-0.2, -0.15) is 0 Å². The molecule has 1 aromatic rings.